The topological polar surface area (TPSA) is 149 Å². The van der Waals surface area contributed by atoms with Crippen LogP contribution in [-0.4, -0.2) is 65.7 Å². The van der Waals surface area contributed by atoms with Crippen molar-refractivity contribution in [2.24, 2.45) is 0 Å². The molecule has 59 heavy (non-hydrogen) atoms. The predicted octanol–water partition coefficient (Wildman–Crippen LogP) is 11.8. The third kappa shape index (κ3) is 42.6. The summed E-state index contributed by atoms with van der Waals surface area (Å²) in [7, 11) is -4.65. The predicted molar refractivity (Wildman–Crippen MR) is 242 cm³/mol. The van der Waals surface area contributed by atoms with Crippen LogP contribution in [0.3, 0.4) is 0 Å². The molecule has 0 aromatic rings. The van der Waals surface area contributed by atoms with E-state index in [1.165, 1.54) is 25.7 Å². The van der Waals surface area contributed by atoms with E-state index in [1.54, 1.807) is 0 Å². The number of phosphoric acid groups is 1. The lowest BCUT2D eigenvalue weighted by Gasteiger charge is -2.20. The van der Waals surface area contributed by atoms with Crippen molar-refractivity contribution < 1.29 is 47.8 Å². The Morgan fingerprint density at radius 1 is 0.525 bits per heavy atom. The second kappa shape index (κ2) is 42.7. The van der Waals surface area contributed by atoms with E-state index >= 15 is 0 Å². The van der Waals surface area contributed by atoms with E-state index < -0.39 is 51.8 Å². The molecule has 0 aliphatic heterocycles. The average molecular weight is 845 g/mol. The Morgan fingerprint density at radius 3 is 1.42 bits per heavy atom. The molecule has 0 fully saturated rings. The zero-order valence-electron chi connectivity index (χ0n) is 36.2. The zero-order chi connectivity index (χ0) is 43.3. The largest absolute Gasteiger partial charge is 0.472 e. The molecule has 0 amide bonds. The maximum atomic E-state index is 12.6. The molecule has 11 heteroatoms. The maximum absolute atomic E-state index is 12.6. The number of unbranched alkanes of at least 4 members (excludes halogenated alkanes) is 7. The molecule has 0 aliphatic rings. The zero-order valence-corrected chi connectivity index (χ0v) is 37.1. The molecule has 0 saturated heterocycles. The number of hydrogen-bond acceptors (Lipinski definition) is 9. The molecule has 0 spiro atoms. The quantitative estimate of drug-likeness (QED) is 0.0236. The standard InChI is InChI=1S/C48H77O10P/c1-3-5-7-9-11-13-15-17-19-21-22-24-25-27-29-31-33-35-37-39-47(51)55-43-46(44-57-59(53,54)56-42-45(50)41-49)58-48(52)40-38-36-34-32-30-28-26-23-20-18-16-14-12-10-8-6-4-2/h6,8,11-14,17-20,22,24,26-29,32,34,45-46,49-50H,3-5,7,9-10,15-16,21,23,25,30-31,33,35-44H2,1-2H3,(H,53,54)/b8-6-,13-11-,14-12-,19-17-,20-18-,24-22-,28-26-,29-27-,34-32-/t45-,46+/m0/s1. The van der Waals surface area contributed by atoms with E-state index in [-0.39, 0.29) is 19.4 Å². The van der Waals surface area contributed by atoms with Gasteiger partial charge in [-0.05, 0) is 96.3 Å². The molecule has 0 saturated carbocycles. The summed E-state index contributed by atoms with van der Waals surface area (Å²) in [5.41, 5.74) is 0. The molecule has 0 rings (SSSR count). The molecule has 0 aromatic heterocycles. The van der Waals surface area contributed by atoms with Gasteiger partial charge in [0.1, 0.15) is 12.7 Å². The van der Waals surface area contributed by atoms with Gasteiger partial charge in [-0.3, -0.25) is 18.6 Å². The highest BCUT2D eigenvalue weighted by molar-refractivity contribution is 7.47. The number of ether oxygens (including phenoxy) is 2. The average Bonchev–Trinajstić information content (AvgIpc) is 3.22. The minimum Gasteiger partial charge on any atom is -0.462 e. The van der Waals surface area contributed by atoms with Crippen LogP contribution in [0.1, 0.15) is 142 Å². The van der Waals surface area contributed by atoms with Gasteiger partial charge in [0, 0.05) is 12.8 Å². The van der Waals surface area contributed by atoms with Crippen LogP contribution in [0.5, 0.6) is 0 Å². The number of allylic oxidation sites excluding steroid dienone is 18. The molecule has 334 valence electrons. The Balaban J connectivity index is 4.48. The second-order valence-corrected chi connectivity index (χ2v) is 15.4. The van der Waals surface area contributed by atoms with Gasteiger partial charge < -0.3 is 24.6 Å². The Morgan fingerprint density at radius 2 is 0.949 bits per heavy atom. The summed E-state index contributed by atoms with van der Waals surface area (Å²) in [5, 5.41) is 18.3. The maximum Gasteiger partial charge on any atom is 0.472 e. The van der Waals surface area contributed by atoms with Gasteiger partial charge in [0.15, 0.2) is 6.10 Å². The second-order valence-electron chi connectivity index (χ2n) is 14.0. The van der Waals surface area contributed by atoms with Crippen LogP contribution in [0.15, 0.2) is 109 Å². The number of aliphatic hydroxyl groups excluding tert-OH is 2. The van der Waals surface area contributed by atoms with Crippen LogP contribution in [-0.2, 0) is 32.7 Å². The lowest BCUT2D eigenvalue weighted by atomic mass is 10.1. The van der Waals surface area contributed by atoms with Gasteiger partial charge >= 0.3 is 19.8 Å². The lowest BCUT2D eigenvalue weighted by Crippen LogP contribution is -2.29. The van der Waals surface area contributed by atoms with E-state index in [2.05, 4.69) is 116 Å². The van der Waals surface area contributed by atoms with Crippen LogP contribution in [0.2, 0.25) is 0 Å². The fourth-order valence-corrected chi connectivity index (χ4v) is 5.86. The molecule has 3 atom stereocenters. The summed E-state index contributed by atoms with van der Waals surface area (Å²) in [4.78, 5) is 35.0. The Labute approximate surface area is 356 Å². The monoisotopic (exact) mass is 845 g/mol. The van der Waals surface area contributed by atoms with Crippen LogP contribution in [0.4, 0.5) is 0 Å². The molecule has 0 radical (unpaired) electrons. The SMILES string of the molecule is CC/C=C\C/C=C\C/C=C\C/C=C\C/C=C\CCCC(=O)O[C@H](COC(=O)CCCCC/C=C\C/C=C\C/C=C\C/C=C\CCCCC)COP(=O)(O)OC[C@@H](O)CO. The fourth-order valence-electron chi connectivity index (χ4n) is 5.07. The van der Waals surface area contributed by atoms with E-state index in [4.69, 9.17) is 19.1 Å². The minimum atomic E-state index is -4.65. The number of aliphatic hydroxyl groups is 2. The summed E-state index contributed by atoms with van der Waals surface area (Å²) in [6.45, 7) is 2.11. The van der Waals surface area contributed by atoms with Crippen molar-refractivity contribution >= 4 is 19.8 Å². The number of hydrogen-bond donors (Lipinski definition) is 3. The summed E-state index contributed by atoms with van der Waals surface area (Å²) >= 11 is 0. The van der Waals surface area contributed by atoms with Crippen LogP contribution in [0.25, 0.3) is 0 Å². The van der Waals surface area contributed by atoms with Crippen molar-refractivity contribution in [3.8, 4) is 0 Å². The van der Waals surface area contributed by atoms with Gasteiger partial charge in [0.05, 0.1) is 19.8 Å². The van der Waals surface area contributed by atoms with Crippen LogP contribution in [0, 0.1) is 0 Å². The fraction of sp³-hybridized carbons (Fsp3) is 0.583. The van der Waals surface area contributed by atoms with Crippen LogP contribution >= 0.6 is 7.82 Å². The van der Waals surface area contributed by atoms with E-state index in [0.29, 0.717) is 19.3 Å². The number of esters is 2. The molecule has 1 unspecified atom stereocenters. The smallest absolute Gasteiger partial charge is 0.462 e. The highest BCUT2D eigenvalue weighted by atomic mass is 31.2. The summed E-state index contributed by atoms with van der Waals surface area (Å²) in [5.74, 6) is -1.04. The van der Waals surface area contributed by atoms with Crippen molar-refractivity contribution in [3.63, 3.8) is 0 Å². The minimum absolute atomic E-state index is 0.0914. The van der Waals surface area contributed by atoms with E-state index in [1.807, 2.05) is 12.2 Å². The van der Waals surface area contributed by atoms with Crippen molar-refractivity contribution in [2.45, 2.75) is 154 Å². The highest BCUT2D eigenvalue weighted by Gasteiger charge is 2.27. The van der Waals surface area contributed by atoms with Crippen molar-refractivity contribution in [2.75, 3.05) is 26.4 Å². The molecule has 0 aliphatic carbocycles. The van der Waals surface area contributed by atoms with Gasteiger partial charge in [0.2, 0.25) is 0 Å². The summed E-state index contributed by atoms with van der Waals surface area (Å²) in [6, 6.07) is 0. The number of carbonyl (C=O) groups is 2. The third-order valence-corrected chi connectivity index (χ3v) is 9.36. The van der Waals surface area contributed by atoms with E-state index in [9.17, 15) is 24.2 Å². The molecular weight excluding hydrogens is 767 g/mol. The summed E-state index contributed by atoms with van der Waals surface area (Å²) in [6.07, 6.45) is 53.5. The molecule has 0 aromatic carbocycles. The molecule has 0 bridgehead atoms. The first-order chi connectivity index (χ1) is 28.7. The number of carbonyl (C=O) groups excluding carboxylic acids is 2. The Hall–Kier alpha value is -3.37. The highest BCUT2D eigenvalue weighted by Crippen LogP contribution is 2.43. The third-order valence-electron chi connectivity index (χ3n) is 8.41. The van der Waals surface area contributed by atoms with Gasteiger partial charge in [-0.1, -0.05) is 142 Å². The molecule has 0 heterocycles. The first kappa shape index (κ1) is 55.6. The molecular formula is C48H77O10P. The van der Waals surface area contributed by atoms with E-state index in [0.717, 1.165) is 70.6 Å². The molecule has 10 nitrogen and oxygen atoms in total. The van der Waals surface area contributed by atoms with Crippen molar-refractivity contribution in [3.05, 3.63) is 109 Å². The first-order valence-electron chi connectivity index (χ1n) is 21.8. The van der Waals surface area contributed by atoms with Crippen LogP contribution < -0.4 is 0 Å². The number of rotatable bonds is 39. The Kier molecular flexibility index (Phi) is 40.3. The Bertz CT molecular complexity index is 1340. The van der Waals surface area contributed by atoms with Gasteiger partial charge in [-0.15, -0.1) is 0 Å². The van der Waals surface area contributed by atoms with Gasteiger partial charge in [0.25, 0.3) is 0 Å². The normalized spacial score (nSPS) is 14.9. The first-order valence-corrected chi connectivity index (χ1v) is 23.3. The van der Waals surface area contributed by atoms with Crippen molar-refractivity contribution in [1.29, 1.82) is 0 Å². The van der Waals surface area contributed by atoms with Gasteiger partial charge in [-0.2, -0.15) is 0 Å². The molecule has 3 N–H and O–H groups in total. The van der Waals surface area contributed by atoms with Gasteiger partial charge in [-0.25, -0.2) is 4.57 Å². The summed E-state index contributed by atoms with van der Waals surface area (Å²) < 4.78 is 32.6. The number of phosphoric ester groups is 1. The van der Waals surface area contributed by atoms with Crippen molar-refractivity contribution in [1.82, 2.24) is 0 Å². The lowest BCUT2D eigenvalue weighted by molar-refractivity contribution is -0.161.